The van der Waals surface area contributed by atoms with E-state index < -0.39 is 17.2 Å². The molecule has 0 saturated heterocycles. The van der Waals surface area contributed by atoms with Crippen molar-refractivity contribution in [3.63, 3.8) is 0 Å². The molecule has 0 radical (unpaired) electrons. The van der Waals surface area contributed by atoms with Gasteiger partial charge in [-0.1, -0.05) is 45.4 Å². The van der Waals surface area contributed by atoms with Gasteiger partial charge in [0.25, 0.3) is 5.56 Å². The average Bonchev–Trinajstić information content (AvgIpc) is 2.69. The summed E-state index contributed by atoms with van der Waals surface area (Å²) in [5.74, 6) is -0.633. The lowest BCUT2D eigenvalue weighted by Crippen LogP contribution is -2.43. The first-order valence-corrected chi connectivity index (χ1v) is 10.8. The Bertz CT molecular complexity index is 1070. The summed E-state index contributed by atoms with van der Waals surface area (Å²) in [6, 6.07) is 7.34. The highest BCUT2D eigenvalue weighted by atomic mass is 16.2. The van der Waals surface area contributed by atoms with Crippen LogP contribution in [-0.2, 0) is 16.1 Å². The molecule has 1 aromatic carbocycles. The molecule has 9 nitrogen and oxygen atoms in total. The minimum atomic E-state index is -0.717. The van der Waals surface area contributed by atoms with Crippen molar-refractivity contribution >= 4 is 29.0 Å². The number of nitrogen functional groups attached to an aromatic ring is 1. The number of hydrogen-bond donors (Lipinski definition) is 3. The molecule has 4 N–H and O–H groups in total. The van der Waals surface area contributed by atoms with E-state index in [0.717, 1.165) is 5.56 Å². The molecule has 2 amide bonds. The number of benzene rings is 1. The highest BCUT2D eigenvalue weighted by Gasteiger charge is 2.25. The standard InChI is InChI=1S/C23H33N5O4/c1-14(2)12-27(20-21(24)28(13-15(3)4)23(32)26-22(20)31)19(30)11-10-18(29)25-17-8-6-16(5)7-9-17/h6-9,14-15H,10-13,24H2,1-5H3,(H,25,29)(H,26,31,32). The Balaban J connectivity index is 2.25. The summed E-state index contributed by atoms with van der Waals surface area (Å²) >= 11 is 0. The first-order valence-electron chi connectivity index (χ1n) is 10.8. The smallest absolute Gasteiger partial charge is 0.330 e. The SMILES string of the molecule is Cc1ccc(NC(=O)CCC(=O)N(CC(C)C)c2c(N)n(CC(C)C)c(=O)[nH]c2=O)cc1. The van der Waals surface area contributed by atoms with Crippen LogP contribution in [-0.4, -0.2) is 27.9 Å². The summed E-state index contributed by atoms with van der Waals surface area (Å²) in [7, 11) is 0. The molecule has 0 fully saturated rings. The number of aromatic amines is 1. The molecule has 0 aliphatic rings. The van der Waals surface area contributed by atoms with Crippen molar-refractivity contribution in [2.75, 3.05) is 22.5 Å². The quantitative estimate of drug-likeness (QED) is 0.548. The number of nitrogens with zero attached hydrogens (tertiary/aromatic N) is 2. The van der Waals surface area contributed by atoms with Crippen LogP contribution in [0.2, 0.25) is 0 Å². The second-order valence-electron chi connectivity index (χ2n) is 8.81. The van der Waals surface area contributed by atoms with Gasteiger partial charge in [-0.05, 0) is 30.9 Å². The van der Waals surface area contributed by atoms with Gasteiger partial charge < -0.3 is 16.0 Å². The molecule has 2 aromatic rings. The first-order chi connectivity index (χ1) is 15.0. The third kappa shape index (κ3) is 6.57. The zero-order valence-corrected chi connectivity index (χ0v) is 19.4. The van der Waals surface area contributed by atoms with Gasteiger partial charge in [0.15, 0.2) is 5.69 Å². The summed E-state index contributed by atoms with van der Waals surface area (Å²) < 4.78 is 1.27. The number of aromatic nitrogens is 2. The molecule has 32 heavy (non-hydrogen) atoms. The van der Waals surface area contributed by atoms with E-state index in [-0.39, 0.29) is 48.6 Å². The monoisotopic (exact) mass is 443 g/mol. The van der Waals surface area contributed by atoms with Crippen LogP contribution in [0.15, 0.2) is 33.9 Å². The third-order valence-corrected chi connectivity index (χ3v) is 4.78. The Labute approximate surface area is 187 Å². The number of nitrogens with two attached hydrogens (primary N) is 1. The normalized spacial score (nSPS) is 11.1. The minimum absolute atomic E-state index is 0.0320. The van der Waals surface area contributed by atoms with Crippen LogP contribution in [0, 0.1) is 18.8 Å². The van der Waals surface area contributed by atoms with Crippen molar-refractivity contribution in [3.8, 4) is 0 Å². The Morgan fingerprint density at radius 2 is 1.69 bits per heavy atom. The zero-order valence-electron chi connectivity index (χ0n) is 19.4. The summed E-state index contributed by atoms with van der Waals surface area (Å²) in [6.45, 7) is 10.1. The lowest BCUT2D eigenvalue weighted by molar-refractivity contribution is -0.122. The minimum Gasteiger partial charge on any atom is -0.383 e. The predicted molar refractivity (Wildman–Crippen MR) is 127 cm³/mol. The maximum Gasteiger partial charge on any atom is 0.330 e. The van der Waals surface area contributed by atoms with E-state index in [1.54, 1.807) is 12.1 Å². The summed E-state index contributed by atoms with van der Waals surface area (Å²) in [5, 5.41) is 2.76. The van der Waals surface area contributed by atoms with Gasteiger partial charge in [0, 0.05) is 31.6 Å². The fourth-order valence-corrected chi connectivity index (χ4v) is 3.28. The number of anilines is 3. The van der Waals surface area contributed by atoms with Gasteiger partial charge in [0.05, 0.1) is 0 Å². The van der Waals surface area contributed by atoms with Gasteiger partial charge in [-0.25, -0.2) is 4.79 Å². The van der Waals surface area contributed by atoms with Crippen molar-refractivity contribution in [2.24, 2.45) is 11.8 Å². The topological polar surface area (TPSA) is 130 Å². The van der Waals surface area contributed by atoms with E-state index in [0.29, 0.717) is 12.2 Å². The summed E-state index contributed by atoms with van der Waals surface area (Å²) in [6.07, 6.45) is -0.155. The van der Waals surface area contributed by atoms with Crippen LogP contribution in [0.5, 0.6) is 0 Å². The molecule has 2 rings (SSSR count). The maximum atomic E-state index is 13.1. The van der Waals surface area contributed by atoms with Crippen LogP contribution in [0.4, 0.5) is 17.2 Å². The molecule has 1 aromatic heterocycles. The fourth-order valence-electron chi connectivity index (χ4n) is 3.28. The molecule has 174 valence electrons. The largest absolute Gasteiger partial charge is 0.383 e. The molecule has 0 unspecified atom stereocenters. The number of hydrogen-bond acceptors (Lipinski definition) is 5. The molecule has 0 aliphatic heterocycles. The first kappa shape index (κ1) is 24.9. The van der Waals surface area contributed by atoms with E-state index in [1.807, 2.05) is 46.8 Å². The Morgan fingerprint density at radius 3 is 2.25 bits per heavy atom. The average molecular weight is 444 g/mol. The fraction of sp³-hybridized carbons (Fsp3) is 0.478. The molecule has 9 heteroatoms. The Kier molecular flexibility index (Phi) is 8.40. The summed E-state index contributed by atoms with van der Waals surface area (Å²) in [5.41, 5.74) is 6.53. The van der Waals surface area contributed by atoms with Gasteiger partial charge in [-0.3, -0.25) is 23.9 Å². The predicted octanol–water partition coefficient (Wildman–Crippen LogP) is 2.49. The van der Waals surface area contributed by atoms with Crippen LogP contribution in [0.25, 0.3) is 0 Å². The highest BCUT2D eigenvalue weighted by molar-refractivity contribution is 5.99. The number of H-pyrrole nitrogens is 1. The van der Waals surface area contributed by atoms with Crippen molar-refractivity contribution in [1.82, 2.24) is 9.55 Å². The number of amides is 2. The van der Waals surface area contributed by atoms with E-state index in [4.69, 9.17) is 5.73 Å². The van der Waals surface area contributed by atoms with Gasteiger partial charge >= 0.3 is 5.69 Å². The van der Waals surface area contributed by atoms with Gasteiger partial charge in [-0.15, -0.1) is 0 Å². The molecular weight excluding hydrogens is 410 g/mol. The van der Waals surface area contributed by atoms with Crippen LogP contribution >= 0.6 is 0 Å². The lowest BCUT2D eigenvalue weighted by Gasteiger charge is -2.26. The third-order valence-electron chi connectivity index (χ3n) is 4.78. The molecular formula is C23H33N5O4. The van der Waals surface area contributed by atoms with Gasteiger partial charge in [0.2, 0.25) is 11.8 Å². The molecule has 0 aliphatic carbocycles. The number of carbonyl (C=O) groups is 2. The van der Waals surface area contributed by atoms with E-state index >= 15 is 0 Å². The van der Waals surface area contributed by atoms with Crippen molar-refractivity contribution < 1.29 is 9.59 Å². The van der Waals surface area contributed by atoms with Crippen molar-refractivity contribution in [2.45, 2.75) is 54.0 Å². The molecule has 0 atom stereocenters. The number of aryl methyl sites for hydroxylation is 1. The van der Waals surface area contributed by atoms with Crippen molar-refractivity contribution in [1.29, 1.82) is 0 Å². The number of nitrogens with one attached hydrogen (secondary N) is 2. The van der Waals surface area contributed by atoms with Gasteiger partial charge in [0.1, 0.15) is 5.82 Å². The lowest BCUT2D eigenvalue weighted by atomic mass is 10.1. The number of carbonyl (C=O) groups excluding carboxylic acids is 2. The van der Waals surface area contributed by atoms with Crippen LogP contribution < -0.4 is 27.2 Å². The maximum absolute atomic E-state index is 13.1. The number of rotatable bonds is 9. The highest BCUT2D eigenvalue weighted by Crippen LogP contribution is 2.20. The molecule has 0 spiro atoms. The van der Waals surface area contributed by atoms with Crippen LogP contribution in [0.1, 0.15) is 46.1 Å². The Morgan fingerprint density at radius 1 is 1.06 bits per heavy atom. The second kappa shape index (κ2) is 10.8. The van der Waals surface area contributed by atoms with Gasteiger partial charge in [-0.2, -0.15) is 0 Å². The van der Waals surface area contributed by atoms with Crippen LogP contribution in [0.3, 0.4) is 0 Å². The summed E-state index contributed by atoms with van der Waals surface area (Å²) in [4.78, 5) is 53.8. The zero-order chi connectivity index (χ0) is 24.0. The van der Waals surface area contributed by atoms with E-state index in [2.05, 4.69) is 10.3 Å². The molecule has 0 saturated carbocycles. The van der Waals surface area contributed by atoms with E-state index in [1.165, 1.54) is 9.47 Å². The molecule has 1 heterocycles. The Hall–Kier alpha value is -3.36. The van der Waals surface area contributed by atoms with E-state index in [9.17, 15) is 19.2 Å². The molecule has 0 bridgehead atoms. The van der Waals surface area contributed by atoms with Crippen molar-refractivity contribution in [3.05, 3.63) is 50.7 Å². The second-order valence-corrected chi connectivity index (χ2v) is 8.81.